The molecule has 0 radical (unpaired) electrons. The molecule has 0 saturated carbocycles. The van der Waals surface area contributed by atoms with E-state index in [9.17, 15) is 9.59 Å². The SMILES string of the molecule is CCc1ccc(C(C)NC(=O)CN(C)CC(=O)Nc2ccc(Br)cn2)cc1. The van der Waals surface area contributed by atoms with Crippen molar-refractivity contribution in [2.24, 2.45) is 0 Å². The van der Waals surface area contributed by atoms with Gasteiger partial charge < -0.3 is 10.6 Å². The van der Waals surface area contributed by atoms with Crippen LogP contribution < -0.4 is 10.6 Å². The molecule has 1 aromatic heterocycles. The predicted molar refractivity (Wildman–Crippen MR) is 110 cm³/mol. The lowest BCUT2D eigenvalue weighted by Crippen LogP contribution is -2.39. The maximum atomic E-state index is 12.2. The van der Waals surface area contributed by atoms with Crippen LogP contribution in [0.25, 0.3) is 0 Å². The molecular weight excluding hydrogens is 408 g/mol. The molecule has 0 spiro atoms. The van der Waals surface area contributed by atoms with Gasteiger partial charge in [0.2, 0.25) is 11.8 Å². The van der Waals surface area contributed by atoms with Gasteiger partial charge in [0.25, 0.3) is 0 Å². The third-order valence-corrected chi connectivity index (χ3v) is 4.56. The van der Waals surface area contributed by atoms with Crippen LogP contribution in [0.4, 0.5) is 5.82 Å². The molecule has 0 aliphatic heterocycles. The normalized spacial score (nSPS) is 11.9. The quantitative estimate of drug-likeness (QED) is 0.671. The number of carbonyl (C=O) groups is 2. The summed E-state index contributed by atoms with van der Waals surface area (Å²) in [7, 11) is 1.73. The van der Waals surface area contributed by atoms with Crippen molar-refractivity contribution < 1.29 is 9.59 Å². The van der Waals surface area contributed by atoms with Crippen LogP contribution in [0.5, 0.6) is 0 Å². The molecule has 1 unspecified atom stereocenters. The lowest BCUT2D eigenvalue weighted by Gasteiger charge is -2.19. The number of halogens is 1. The first kappa shape index (κ1) is 21.1. The zero-order chi connectivity index (χ0) is 19.8. The summed E-state index contributed by atoms with van der Waals surface area (Å²) >= 11 is 3.29. The van der Waals surface area contributed by atoms with Gasteiger partial charge in [0.1, 0.15) is 5.82 Å². The Labute approximate surface area is 168 Å². The molecule has 0 aliphatic carbocycles. The molecule has 6 nitrogen and oxygen atoms in total. The Hall–Kier alpha value is -2.25. The molecule has 0 fully saturated rings. The number of nitrogens with one attached hydrogen (secondary N) is 2. The lowest BCUT2D eigenvalue weighted by atomic mass is 10.1. The standard InChI is InChI=1S/C20H25BrN4O2/c1-4-15-5-7-16(8-6-15)14(2)23-19(26)12-25(3)13-20(27)24-18-10-9-17(21)11-22-18/h5-11,14H,4,12-13H2,1-3H3,(H,23,26)(H,22,24,27). The van der Waals surface area contributed by atoms with Crippen LogP contribution >= 0.6 is 15.9 Å². The van der Waals surface area contributed by atoms with E-state index in [2.05, 4.69) is 50.6 Å². The van der Waals surface area contributed by atoms with E-state index in [-0.39, 0.29) is 30.9 Å². The molecule has 144 valence electrons. The molecule has 2 amide bonds. The van der Waals surface area contributed by atoms with Crippen LogP contribution in [-0.4, -0.2) is 41.8 Å². The monoisotopic (exact) mass is 432 g/mol. The molecule has 7 heteroatoms. The third kappa shape index (κ3) is 7.11. The van der Waals surface area contributed by atoms with Crippen molar-refractivity contribution in [3.63, 3.8) is 0 Å². The maximum Gasteiger partial charge on any atom is 0.239 e. The van der Waals surface area contributed by atoms with Gasteiger partial charge in [-0.25, -0.2) is 4.98 Å². The van der Waals surface area contributed by atoms with Crippen molar-refractivity contribution in [2.45, 2.75) is 26.3 Å². The first-order valence-electron chi connectivity index (χ1n) is 8.85. The van der Waals surface area contributed by atoms with Crippen LogP contribution in [0.3, 0.4) is 0 Å². The van der Waals surface area contributed by atoms with Crippen LogP contribution in [0, 0.1) is 0 Å². The number of hydrogen-bond acceptors (Lipinski definition) is 4. The van der Waals surface area contributed by atoms with Crippen molar-refractivity contribution in [2.75, 3.05) is 25.5 Å². The highest BCUT2D eigenvalue weighted by Crippen LogP contribution is 2.14. The minimum Gasteiger partial charge on any atom is -0.348 e. The Morgan fingerprint density at radius 1 is 1.11 bits per heavy atom. The van der Waals surface area contributed by atoms with E-state index >= 15 is 0 Å². The van der Waals surface area contributed by atoms with Crippen molar-refractivity contribution >= 4 is 33.6 Å². The molecule has 1 heterocycles. The summed E-state index contributed by atoms with van der Waals surface area (Å²) in [6, 6.07) is 11.6. The van der Waals surface area contributed by atoms with Gasteiger partial charge >= 0.3 is 0 Å². The van der Waals surface area contributed by atoms with Crippen molar-refractivity contribution in [3.05, 3.63) is 58.2 Å². The Kier molecular flexibility index (Phi) is 7.94. The van der Waals surface area contributed by atoms with Gasteiger partial charge in [-0.3, -0.25) is 14.5 Å². The van der Waals surface area contributed by atoms with Gasteiger partial charge in [0.15, 0.2) is 0 Å². The van der Waals surface area contributed by atoms with E-state index in [1.54, 1.807) is 30.3 Å². The van der Waals surface area contributed by atoms with Crippen LogP contribution in [0.15, 0.2) is 47.1 Å². The molecule has 2 aromatic rings. The second-order valence-corrected chi connectivity index (χ2v) is 7.38. The molecule has 0 bridgehead atoms. The smallest absolute Gasteiger partial charge is 0.239 e. The number of amides is 2. The van der Waals surface area contributed by atoms with Crippen LogP contribution in [0.1, 0.15) is 31.0 Å². The first-order valence-corrected chi connectivity index (χ1v) is 9.64. The average molecular weight is 433 g/mol. The largest absolute Gasteiger partial charge is 0.348 e. The third-order valence-electron chi connectivity index (χ3n) is 4.09. The van der Waals surface area contributed by atoms with Gasteiger partial charge in [-0.2, -0.15) is 0 Å². The number of benzene rings is 1. The number of anilines is 1. The Morgan fingerprint density at radius 2 is 1.78 bits per heavy atom. The first-order chi connectivity index (χ1) is 12.9. The second kappa shape index (κ2) is 10.2. The van der Waals surface area contributed by atoms with E-state index in [4.69, 9.17) is 0 Å². The van der Waals surface area contributed by atoms with Gasteiger partial charge in [0, 0.05) is 10.7 Å². The Morgan fingerprint density at radius 3 is 2.37 bits per heavy atom. The van der Waals surface area contributed by atoms with Crippen molar-refractivity contribution in [1.29, 1.82) is 0 Å². The number of aromatic nitrogens is 1. The highest BCUT2D eigenvalue weighted by molar-refractivity contribution is 9.10. The average Bonchev–Trinajstić information content (AvgIpc) is 2.63. The number of carbonyl (C=O) groups excluding carboxylic acids is 2. The highest BCUT2D eigenvalue weighted by Gasteiger charge is 2.14. The van der Waals surface area contributed by atoms with E-state index in [0.29, 0.717) is 5.82 Å². The van der Waals surface area contributed by atoms with Gasteiger partial charge in [-0.1, -0.05) is 31.2 Å². The van der Waals surface area contributed by atoms with Gasteiger partial charge in [-0.05, 0) is 59.6 Å². The molecule has 0 aliphatic rings. The lowest BCUT2D eigenvalue weighted by molar-refractivity contribution is -0.123. The Bertz CT molecular complexity index is 763. The van der Waals surface area contributed by atoms with E-state index < -0.39 is 0 Å². The fourth-order valence-electron chi connectivity index (χ4n) is 2.59. The molecule has 1 atom stereocenters. The molecule has 2 N–H and O–H groups in total. The zero-order valence-electron chi connectivity index (χ0n) is 15.8. The molecular formula is C20H25BrN4O2. The number of pyridine rings is 1. The van der Waals surface area contributed by atoms with Crippen molar-refractivity contribution in [1.82, 2.24) is 15.2 Å². The Balaban J connectivity index is 1.78. The summed E-state index contributed by atoms with van der Waals surface area (Å²) in [6.45, 7) is 4.30. The number of aryl methyl sites for hydroxylation is 1. The minimum absolute atomic E-state index is 0.0856. The summed E-state index contributed by atoms with van der Waals surface area (Å²) in [5, 5.41) is 5.67. The number of rotatable bonds is 8. The maximum absolute atomic E-state index is 12.2. The fourth-order valence-corrected chi connectivity index (χ4v) is 2.83. The number of nitrogens with zero attached hydrogens (tertiary/aromatic N) is 2. The number of likely N-dealkylation sites (N-methyl/N-ethyl adjacent to an activating group) is 1. The zero-order valence-corrected chi connectivity index (χ0v) is 17.4. The van der Waals surface area contributed by atoms with Crippen LogP contribution in [0.2, 0.25) is 0 Å². The number of hydrogen-bond donors (Lipinski definition) is 2. The topological polar surface area (TPSA) is 74.3 Å². The molecule has 2 rings (SSSR count). The predicted octanol–water partition coefficient (Wildman–Crippen LogP) is 3.15. The van der Waals surface area contributed by atoms with E-state index in [1.807, 2.05) is 19.1 Å². The minimum atomic E-state index is -0.219. The van der Waals surface area contributed by atoms with Crippen molar-refractivity contribution in [3.8, 4) is 0 Å². The van der Waals surface area contributed by atoms with E-state index in [1.165, 1.54) is 5.56 Å². The second-order valence-electron chi connectivity index (χ2n) is 6.47. The van der Waals surface area contributed by atoms with Gasteiger partial charge in [0.05, 0.1) is 19.1 Å². The molecule has 27 heavy (non-hydrogen) atoms. The molecule has 1 aromatic carbocycles. The van der Waals surface area contributed by atoms with Gasteiger partial charge in [-0.15, -0.1) is 0 Å². The fraction of sp³-hybridized carbons (Fsp3) is 0.350. The summed E-state index contributed by atoms with van der Waals surface area (Å²) in [5.74, 6) is 0.132. The highest BCUT2D eigenvalue weighted by atomic mass is 79.9. The summed E-state index contributed by atoms with van der Waals surface area (Å²) in [5.41, 5.74) is 2.32. The molecule has 0 saturated heterocycles. The van der Waals surface area contributed by atoms with Crippen LogP contribution in [-0.2, 0) is 16.0 Å². The summed E-state index contributed by atoms with van der Waals surface area (Å²) in [4.78, 5) is 30.1. The summed E-state index contributed by atoms with van der Waals surface area (Å²) in [6.07, 6.45) is 2.60. The van der Waals surface area contributed by atoms with E-state index in [0.717, 1.165) is 16.5 Å². The summed E-state index contributed by atoms with van der Waals surface area (Å²) < 4.78 is 0.841.